The maximum Gasteiger partial charge on any atom is 0.134 e. The number of hydrogen-bond donors (Lipinski definition) is 1. The van der Waals surface area contributed by atoms with Gasteiger partial charge in [0, 0.05) is 29.7 Å². The topological polar surface area (TPSA) is 28.4 Å². The molecule has 1 aromatic heterocycles. The summed E-state index contributed by atoms with van der Waals surface area (Å²) in [6.07, 6.45) is 1.84. The van der Waals surface area contributed by atoms with Crippen LogP contribution in [-0.4, -0.2) is 19.0 Å². The van der Waals surface area contributed by atoms with Gasteiger partial charge in [0.2, 0.25) is 0 Å². The van der Waals surface area contributed by atoms with E-state index >= 15 is 0 Å². The van der Waals surface area contributed by atoms with Gasteiger partial charge < -0.3 is 14.6 Å². The molecule has 0 bridgehead atoms. The lowest BCUT2D eigenvalue weighted by Gasteiger charge is -2.15. The van der Waals surface area contributed by atoms with Gasteiger partial charge in [-0.25, -0.2) is 0 Å². The summed E-state index contributed by atoms with van der Waals surface area (Å²) in [5.74, 6) is 0. The number of fused-ring (bicyclic) bond motifs is 1. The van der Waals surface area contributed by atoms with E-state index in [1.165, 1.54) is 22.2 Å². The molecule has 108 valence electrons. The van der Waals surface area contributed by atoms with Crippen LogP contribution in [0.2, 0.25) is 0 Å². The van der Waals surface area contributed by atoms with Gasteiger partial charge in [-0.1, -0.05) is 36.4 Å². The summed E-state index contributed by atoms with van der Waals surface area (Å²) in [5.41, 5.74) is 4.60. The van der Waals surface area contributed by atoms with Crippen LogP contribution in [0.4, 0.5) is 5.69 Å². The Balaban J connectivity index is 1.79. The molecule has 2 aromatic carbocycles. The molecule has 1 heterocycles. The quantitative estimate of drug-likeness (QED) is 0.762. The molecular weight excluding hydrogens is 260 g/mol. The predicted molar refractivity (Wildman–Crippen MR) is 87.4 cm³/mol. The van der Waals surface area contributed by atoms with Crippen molar-refractivity contribution in [1.29, 1.82) is 0 Å². The molecule has 0 atom stereocenters. The molecule has 0 radical (unpaired) electrons. The Morgan fingerprint density at radius 3 is 2.57 bits per heavy atom. The second-order valence-corrected chi connectivity index (χ2v) is 5.51. The number of anilines is 1. The molecule has 21 heavy (non-hydrogen) atoms. The first kappa shape index (κ1) is 13.7. The monoisotopic (exact) mass is 280 g/mol. The fourth-order valence-electron chi connectivity index (χ4n) is 2.53. The number of benzene rings is 2. The van der Waals surface area contributed by atoms with Gasteiger partial charge in [-0.3, -0.25) is 0 Å². The number of nitrogens with one attached hydrogen (secondary N) is 1. The standard InChI is InChI=1S/C18H20N2O/c1-20(2)12-14-7-3-5-9-17(14)19-11-15-13-21-18-10-6-4-8-16(15)18/h3-10,13,19H,11-12H2,1-2H3. The molecule has 0 amide bonds. The molecule has 3 rings (SSSR count). The first-order valence-corrected chi connectivity index (χ1v) is 7.15. The fourth-order valence-corrected chi connectivity index (χ4v) is 2.53. The third-order valence-electron chi connectivity index (χ3n) is 3.53. The summed E-state index contributed by atoms with van der Waals surface area (Å²) in [7, 11) is 4.17. The van der Waals surface area contributed by atoms with Crippen LogP contribution >= 0.6 is 0 Å². The van der Waals surface area contributed by atoms with E-state index in [1.807, 2.05) is 24.5 Å². The van der Waals surface area contributed by atoms with Crippen LogP contribution in [-0.2, 0) is 13.1 Å². The van der Waals surface area contributed by atoms with E-state index in [0.717, 1.165) is 18.7 Å². The summed E-state index contributed by atoms with van der Waals surface area (Å²) in [5, 5.41) is 4.70. The van der Waals surface area contributed by atoms with Crippen LogP contribution in [0.5, 0.6) is 0 Å². The van der Waals surface area contributed by atoms with Crippen LogP contribution in [0.3, 0.4) is 0 Å². The summed E-state index contributed by atoms with van der Waals surface area (Å²) < 4.78 is 5.58. The van der Waals surface area contributed by atoms with Crippen molar-refractivity contribution in [3.8, 4) is 0 Å². The largest absolute Gasteiger partial charge is 0.464 e. The zero-order chi connectivity index (χ0) is 14.7. The van der Waals surface area contributed by atoms with E-state index in [9.17, 15) is 0 Å². The molecule has 0 aliphatic heterocycles. The summed E-state index contributed by atoms with van der Waals surface area (Å²) in [6.45, 7) is 1.69. The fraction of sp³-hybridized carbons (Fsp3) is 0.222. The van der Waals surface area contributed by atoms with Crippen molar-refractivity contribution in [3.63, 3.8) is 0 Å². The Kier molecular flexibility index (Phi) is 3.93. The van der Waals surface area contributed by atoms with Crippen molar-refractivity contribution in [3.05, 3.63) is 65.9 Å². The summed E-state index contributed by atoms with van der Waals surface area (Å²) in [4.78, 5) is 2.17. The smallest absolute Gasteiger partial charge is 0.134 e. The maximum atomic E-state index is 5.58. The SMILES string of the molecule is CN(C)Cc1ccccc1NCc1coc2ccccc12. The van der Waals surface area contributed by atoms with Crippen molar-refractivity contribution < 1.29 is 4.42 Å². The van der Waals surface area contributed by atoms with Crippen molar-refractivity contribution in [2.45, 2.75) is 13.1 Å². The predicted octanol–water partition coefficient (Wildman–Crippen LogP) is 4.11. The van der Waals surface area contributed by atoms with Gasteiger partial charge in [0.15, 0.2) is 0 Å². The Morgan fingerprint density at radius 1 is 0.952 bits per heavy atom. The zero-order valence-corrected chi connectivity index (χ0v) is 12.5. The van der Waals surface area contributed by atoms with Gasteiger partial charge in [-0.15, -0.1) is 0 Å². The van der Waals surface area contributed by atoms with E-state index in [4.69, 9.17) is 4.42 Å². The second kappa shape index (κ2) is 6.02. The summed E-state index contributed by atoms with van der Waals surface area (Å²) >= 11 is 0. The summed E-state index contributed by atoms with van der Waals surface area (Å²) in [6, 6.07) is 16.6. The molecule has 0 saturated heterocycles. The number of para-hydroxylation sites is 2. The molecule has 0 aliphatic carbocycles. The van der Waals surface area contributed by atoms with Gasteiger partial charge in [0.25, 0.3) is 0 Å². The first-order chi connectivity index (χ1) is 10.2. The van der Waals surface area contributed by atoms with Crippen LogP contribution in [0, 0.1) is 0 Å². The molecule has 0 aliphatic rings. The van der Waals surface area contributed by atoms with Crippen LogP contribution in [0.25, 0.3) is 11.0 Å². The molecule has 3 aromatic rings. The molecular formula is C18H20N2O. The minimum absolute atomic E-state index is 0.765. The van der Waals surface area contributed by atoms with Crippen molar-refractivity contribution in [2.75, 3.05) is 19.4 Å². The third kappa shape index (κ3) is 3.09. The third-order valence-corrected chi connectivity index (χ3v) is 3.53. The van der Waals surface area contributed by atoms with E-state index in [-0.39, 0.29) is 0 Å². The van der Waals surface area contributed by atoms with Gasteiger partial charge in [-0.05, 0) is 31.8 Å². The Labute approximate surface area is 125 Å². The molecule has 0 unspecified atom stereocenters. The van der Waals surface area contributed by atoms with Crippen LogP contribution < -0.4 is 5.32 Å². The average molecular weight is 280 g/mol. The lowest BCUT2D eigenvalue weighted by molar-refractivity contribution is 0.403. The Morgan fingerprint density at radius 2 is 1.71 bits per heavy atom. The van der Waals surface area contributed by atoms with Gasteiger partial charge in [-0.2, -0.15) is 0 Å². The lowest BCUT2D eigenvalue weighted by atomic mass is 10.1. The normalized spacial score (nSPS) is 11.2. The first-order valence-electron chi connectivity index (χ1n) is 7.15. The van der Waals surface area contributed by atoms with Crippen LogP contribution in [0.1, 0.15) is 11.1 Å². The Bertz CT molecular complexity index is 731. The number of hydrogen-bond acceptors (Lipinski definition) is 3. The van der Waals surface area contributed by atoms with Crippen molar-refractivity contribution in [1.82, 2.24) is 4.90 Å². The van der Waals surface area contributed by atoms with Crippen molar-refractivity contribution >= 4 is 16.7 Å². The lowest BCUT2D eigenvalue weighted by Crippen LogP contribution is -2.12. The maximum absolute atomic E-state index is 5.58. The van der Waals surface area contributed by atoms with E-state index < -0.39 is 0 Å². The molecule has 3 nitrogen and oxygen atoms in total. The highest BCUT2D eigenvalue weighted by molar-refractivity contribution is 5.81. The molecule has 3 heteroatoms. The highest BCUT2D eigenvalue weighted by Gasteiger charge is 2.07. The van der Waals surface area contributed by atoms with E-state index in [2.05, 4.69) is 54.6 Å². The molecule has 0 saturated carbocycles. The van der Waals surface area contributed by atoms with Gasteiger partial charge in [0.1, 0.15) is 5.58 Å². The number of furan rings is 1. The number of rotatable bonds is 5. The van der Waals surface area contributed by atoms with Gasteiger partial charge in [0.05, 0.1) is 6.26 Å². The minimum atomic E-state index is 0.765. The molecule has 0 spiro atoms. The second-order valence-electron chi connectivity index (χ2n) is 5.51. The number of nitrogens with zero attached hydrogens (tertiary/aromatic N) is 1. The van der Waals surface area contributed by atoms with Crippen LogP contribution in [0.15, 0.2) is 59.2 Å². The van der Waals surface area contributed by atoms with E-state index in [0.29, 0.717) is 0 Å². The average Bonchev–Trinajstić information content (AvgIpc) is 2.89. The zero-order valence-electron chi connectivity index (χ0n) is 12.5. The molecule has 1 N–H and O–H groups in total. The van der Waals surface area contributed by atoms with Crippen molar-refractivity contribution in [2.24, 2.45) is 0 Å². The van der Waals surface area contributed by atoms with E-state index in [1.54, 1.807) is 0 Å². The molecule has 0 fully saturated rings. The minimum Gasteiger partial charge on any atom is -0.464 e. The highest BCUT2D eigenvalue weighted by atomic mass is 16.3. The highest BCUT2D eigenvalue weighted by Crippen LogP contribution is 2.23. The Hall–Kier alpha value is -2.26. The van der Waals surface area contributed by atoms with Gasteiger partial charge >= 0.3 is 0 Å².